The third-order valence-corrected chi connectivity index (χ3v) is 3.48. The highest BCUT2D eigenvalue weighted by molar-refractivity contribution is 9.10. The SMILES string of the molecule is CC(O)C1(c2cc(F)cc(Br)c2)CC1. The van der Waals surface area contributed by atoms with Crippen molar-refractivity contribution in [1.29, 1.82) is 0 Å². The van der Waals surface area contributed by atoms with Crippen molar-refractivity contribution in [3.05, 3.63) is 34.1 Å². The number of hydrogen-bond donors (Lipinski definition) is 1. The van der Waals surface area contributed by atoms with Crippen LogP contribution in [0.2, 0.25) is 0 Å². The van der Waals surface area contributed by atoms with Crippen molar-refractivity contribution >= 4 is 15.9 Å². The molecule has 0 spiro atoms. The Balaban J connectivity index is 2.42. The van der Waals surface area contributed by atoms with Crippen molar-refractivity contribution in [2.45, 2.75) is 31.3 Å². The summed E-state index contributed by atoms with van der Waals surface area (Å²) in [6, 6.07) is 4.84. The molecular formula is C11H12BrFO. The van der Waals surface area contributed by atoms with Crippen LogP contribution in [-0.2, 0) is 5.41 Å². The van der Waals surface area contributed by atoms with Gasteiger partial charge in [0.2, 0.25) is 0 Å². The van der Waals surface area contributed by atoms with Gasteiger partial charge in [0.15, 0.2) is 0 Å². The highest BCUT2D eigenvalue weighted by Gasteiger charge is 2.48. The van der Waals surface area contributed by atoms with Crippen LogP contribution in [-0.4, -0.2) is 11.2 Å². The van der Waals surface area contributed by atoms with Crippen molar-refractivity contribution in [2.24, 2.45) is 0 Å². The van der Waals surface area contributed by atoms with E-state index < -0.39 is 6.10 Å². The van der Waals surface area contributed by atoms with Crippen LogP contribution >= 0.6 is 15.9 Å². The molecule has 14 heavy (non-hydrogen) atoms. The summed E-state index contributed by atoms with van der Waals surface area (Å²) in [7, 11) is 0. The number of halogens is 2. The molecule has 1 fully saturated rings. The van der Waals surface area contributed by atoms with Gasteiger partial charge in [-0.1, -0.05) is 15.9 Å². The van der Waals surface area contributed by atoms with Crippen molar-refractivity contribution in [2.75, 3.05) is 0 Å². The molecule has 2 rings (SSSR count). The Morgan fingerprint density at radius 1 is 1.43 bits per heavy atom. The molecule has 1 aliphatic rings. The van der Waals surface area contributed by atoms with Gasteiger partial charge in [0.05, 0.1) is 6.10 Å². The summed E-state index contributed by atoms with van der Waals surface area (Å²) in [4.78, 5) is 0. The Bertz CT molecular complexity index is 338. The predicted octanol–water partition coefficient (Wildman–Crippen LogP) is 3.00. The minimum absolute atomic E-state index is 0.190. The van der Waals surface area contributed by atoms with E-state index in [0.717, 1.165) is 22.9 Å². The normalized spacial score (nSPS) is 20.6. The maximum absolute atomic E-state index is 13.1. The number of aliphatic hydroxyl groups excluding tert-OH is 1. The molecule has 0 heterocycles. The van der Waals surface area contributed by atoms with E-state index in [1.54, 1.807) is 6.92 Å². The summed E-state index contributed by atoms with van der Waals surface area (Å²) in [5.41, 5.74) is 0.712. The zero-order chi connectivity index (χ0) is 10.3. The molecule has 1 unspecified atom stereocenters. The summed E-state index contributed by atoms with van der Waals surface area (Å²) in [6.07, 6.45) is 1.48. The van der Waals surface area contributed by atoms with Crippen LogP contribution < -0.4 is 0 Å². The third-order valence-electron chi connectivity index (χ3n) is 3.03. The molecular weight excluding hydrogens is 247 g/mol. The topological polar surface area (TPSA) is 20.2 Å². The fourth-order valence-electron chi connectivity index (χ4n) is 1.92. The van der Waals surface area contributed by atoms with Crippen LogP contribution in [0, 0.1) is 5.82 Å². The maximum atomic E-state index is 13.1. The molecule has 1 aromatic carbocycles. The Kier molecular flexibility index (Phi) is 2.40. The highest BCUT2D eigenvalue weighted by Crippen LogP contribution is 2.51. The number of hydrogen-bond acceptors (Lipinski definition) is 1. The monoisotopic (exact) mass is 258 g/mol. The minimum Gasteiger partial charge on any atom is -0.392 e. The second kappa shape index (κ2) is 3.31. The van der Waals surface area contributed by atoms with Gasteiger partial charge < -0.3 is 5.11 Å². The van der Waals surface area contributed by atoms with E-state index in [2.05, 4.69) is 15.9 Å². The second-order valence-corrected chi connectivity index (χ2v) is 4.91. The van der Waals surface area contributed by atoms with E-state index in [1.807, 2.05) is 6.07 Å². The van der Waals surface area contributed by atoms with Gasteiger partial charge in [-0.25, -0.2) is 4.39 Å². The predicted molar refractivity (Wildman–Crippen MR) is 56.7 cm³/mol. The van der Waals surface area contributed by atoms with Gasteiger partial charge in [-0.2, -0.15) is 0 Å². The fourth-order valence-corrected chi connectivity index (χ4v) is 2.39. The number of rotatable bonds is 2. The van der Waals surface area contributed by atoms with E-state index >= 15 is 0 Å². The zero-order valence-corrected chi connectivity index (χ0v) is 9.51. The zero-order valence-electron chi connectivity index (χ0n) is 7.93. The lowest BCUT2D eigenvalue weighted by molar-refractivity contribution is 0.150. The van der Waals surface area contributed by atoms with Gasteiger partial charge in [-0.3, -0.25) is 0 Å². The van der Waals surface area contributed by atoms with Gasteiger partial charge in [0.25, 0.3) is 0 Å². The van der Waals surface area contributed by atoms with Crippen molar-refractivity contribution < 1.29 is 9.50 Å². The van der Waals surface area contributed by atoms with Crippen LogP contribution in [0.25, 0.3) is 0 Å². The standard InChI is InChI=1S/C11H12BrFO/c1-7(14)11(2-3-11)8-4-9(12)6-10(13)5-8/h4-7,14H,2-3H2,1H3. The van der Waals surface area contributed by atoms with E-state index in [4.69, 9.17) is 0 Å². The van der Waals surface area contributed by atoms with Gasteiger partial charge in [-0.15, -0.1) is 0 Å². The molecule has 1 atom stereocenters. The van der Waals surface area contributed by atoms with Crippen molar-refractivity contribution in [3.63, 3.8) is 0 Å². The molecule has 1 saturated carbocycles. The largest absolute Gasteiger partial charge is 0.392 e. The van der Waals surface area contributed by atoms with Crippen LogP contribution in [0.4, 0.5) is 4.39 Å². The van der Waals surface area contributed by atoms with E-state index in [0.29, 0.717) is 0 Å². The van der Waals surface area contributed by atoms with Gasteiger partial charge >= 0.3 is 0 Å². The van der Waals surface area contributed by atoms with Crippen LogP contribution in [0.1, 0.15) is 25.3 Å². The average molecular weight is 259 g/mol. The molecule has 1 aromatic rings. The quantitative estimate of drug-likeness (QED) is 0.865. The summed E-state index contributed by atoms with van der Waals surface area (Å²) < 4.78 is 13.9. The first kappa shape index (κ1) is 10.1. The lowest BCUT2D eigenvalue weighted by Gasteiger charge is -2.19. The first-order valence-electron chi connectivity index (χ1n) is 4.69. The van der Waals surface area contributed by atoms with Crippen LogP contribution in [0.5, 0.6) is 0 Å². The number of aliphatic hydroxyl groups is 1. The molecule has 3 heteroatoms. The van der Waals surface area contributed by atoms with Gasteiger partial charge in [-0.05, 0) is 43.5 Å². The van der Waals surface area contributed by atoms with Crippen LogP contribution in [0.3, 0.4) is 0 Å². The van der Waals surface area contributed by atoms with E-state index in [9.17, 15) is 9.50 Å². The molecule has 1 aliphatic carbocycles. The molecule has 0 amide bonds. The molecule has 76 valence electrons. The Hall–Kier alpha value is -0.410. The fraction of sp³-hybridized carbons (Fsp3) is 0.455. The highest BCUT2D eigenvalue weighted by atomic mass is 79.9. The van der Waals surface area contributed by atoms with Crippen molar-refractivity contribution in [1.82, 2.24) is 0 Å². The molecule has 0 bridgehead atoms. The average Bonchev–Trinajstić information content (AvgIpc) is 2.81. The molecule has 0 aliphatic heterocycles. The van der Waals surface area contributed by atoms with Gasteiger partial charge in [0.1, 0.15) is 5.82 Å². The summed E-state index contributed by atoms with van der Waals surface area (Å²) in [5.74, 6) is -0.249. The Labute approximate surface area is 91.1 Å². The summed E-state index contributed by atoms with van der Waals surface area (Å²) in [5, 5.41) is 9.64. The third kappa shape index (κ3) is 1.59. The smallest absolute Gasteiger partial charge is 0.124 e. The molecule has 1 N–H and O–H groups in total. The lowest BCUT2D eigenvalue weighted by atomic mass is 9.91. The molecule has 0 saturated heterocycles. The second-order valence-electron chi connectivity index (χ2n) is 3.99. The summed E-state index contributed by atoms with van der Waals surface area (Å²) in [6.45, 7) is 1.77. The molecule has 0 radical (unpaired) electrons. The first-order valence-corrected chi connectivity index (χ1v) is 5.48. The van der Waals surface area contributed by atoms with Crippen molar-refractivity contribution in [3.8, 4) is 0 Å². The minimum atomic E-state index is -0.406. The Morgan fingerprint density at radius 2 is 2.07 bits per heavy atom. The van der Waals surface area contributed by atoms with Crippen LogP contribution in [0.15, 0.2) is 22.7 Å². The Morgan fingerprint density at radius 3 is 2.50 bits per heavy atom. The maximum Gasteiger partial charge on any atom is 0.124 e. The molecule has 0 aromatic heterocycles. The number of benzene rings is 1. The first-order chi connectivity index (χ1) is 6.54. The van der Waals surface area contributed by atoms with Gasteiger partial charge in [0, 0.05) is 9.89 Å². The van der Waals surface area contributed by atoms with E-state index in [1.165, 1.54) is 12.1 Å². The summed E-state index contributed by atoms with van der Waals surface area (Å²) >= 11 is 3.26. The lowest BCUT2D eigenvalue weighted by Crippen LogP contribution is -2.22. The van der Waals surface area contributed by atoms with E-state index in [-0.39, 0.29) is 11.2 Å². The molecule has 1 nitrogen and oxygen atoms in total.